The number of ether oxygens (including phenoxy) is 3. The van der Waals surface area contributed by atoms with E-state index in [1.165, 1.54) is 18.3 Å². The minimum absolute atomic E-state index is 0.0208. The Hall–Kier alpha value is -1.79. The van der Waals surface area contributed by atoms with Gasteiger partial charge >= 0.3 is 11.9 Å². The second kappa shape index (κ2) is 9.10. The summed E-state index contributed by atoms with van der Waals surface area (Å²) in [6, 6.07) is 10.0. The lowest BCUT2D eigenvalue weighted by Crippen LogP contribution is -2.60. The Morgan fingerprint density at radius 1 is 1.15 bits per heavy atom. The number of cyclic esters (lactones) is 1. The highest BCUT2D eigenvalue weighted by Gasteiger charge is 2.63. The van der Waals surface area contributed by atoms with Gasteiger partial charge in [0.15, 0.2) is 0 Å². The van der Waals surface area contributed by atoms with Gasteiger partial charge in [0.1, 0.15) is 11.4 Å². The van der Waals surface area contributed by atoms with Gasteiger partial charge in [-0.15, -0.1) is 11.8 Å². The summed E-state index contributed by atoms with van der Waals surface area (Å²) in [5, 5.41) is -0.411. The van der Waals surface area contributed by atoms with Crippen molar-refractivity contribution in [2.75, 3.05) is 14.2 Å². The van der Waals surface area contributed by atoms with Crippen LogP contribution in [0.25, 0.3) is 0 Å². The van der Waals surface area contributed by atoms with Gasteiger partial charge in [-0.3, -0.25) is 9.59 Å². The van der Waals surface area contributed by atoms with Crippen LogP contribution in [0.15, 0.2) is 46.4 Å². The summed E-state index contributed by atoms with van der Waals surface area (Å²) in [7, 11) is 3.14. The van der Waals surface area contributed by atoms with E-state index in [2.05, 4.69) is 20.8 Å². The lowest BCUT2D eigenvalue weighted by atomic mass is 9.47. The molecule has 0 aromatic heterocycles. The molecule has 0 amide bonds. The molecule has 1 aromatic carbocycles. The van der Waals surface area contributed by atoms with Crippen LogP contribution in [0.2, 0.25) is 0 Å². The molecule has 0 saturated heterocycles. The number of carbonyl (C=O) groups is 2. The van der Waals surface area contributed by atoms with Gasteiger partial charge in [-0.25, -0.2) is 0 Å². The predicted molar refractivity (Wildman–Crippen MR) is 129 cm³/mol. The fourth-order valence-corrected chi connectivity index (χ4v) is 8.09. The average molecular weight is 473 g/mol. The van der Waals surface area contributed by atoms with E-state index in [0.29, 0.717) is 0 Å². The molecule has 0 N–H and O–H groups in total. The second-order valence-electron chi connectivity index (χ2n) is 10.4. The van der Waals surface area contributed by atoms with Gasteiger partial charge in [-0.05, 0) is 73.1 Å². The molecule has 0 radical (unpaired) electrons. The van der Waals surface area contributed by atoms with Crippen LogP contribution < -0.4 is 0 Å². The first-order valence-corrected chi connectivity index (χ1v) is 12.8. The van der Waals surface area contributed by atoms with E-state index < -0.39 is 10.7 Å². The summed E-state index contributed by atoms with van der Waals surface area (Å²) in [5.41, 5.74) is 1.36. The highest BCUT2D eigenvalue weighted by Crippen LogP contribution is 2.63. The summed E-state index contributed by atoms with van der Waals surface area (Å²) in [6.07, 6.45) is 2.87. The smallest absolute Gasteiger partial charge is 0.324 e. The normalized spacial score (nSPS) is 36.2. The van der Waals surface area contributed by atoms with Gasteiger partial charge in [0.25, 0.3) is 0 Å². The van der Waals surface area contributed by atoms with Crippen molar-refractivity contribution in [1.29, 1.82) is 0 Å². The van der Waals surface area contributed by atoms with E-state index in [0.717, 1.165) is 30.6 Å². The van der Waals surface area contributed by atoms with Gasteiger partial charge in [-0.1, -0.05) is 39.0 Å². The van der Waals surface area contributed by atoms with E-state index in [4.69, 9.17) is 14.2 Å². The number of esters is 2. The molecule has 0 spiro atoms. The van der Waals surface area contributed by atoms with Gasteiger partial charge in [0.05, 0.1) is 18.6 Å². The first kappa shape index (κ1) is 24.3. The minimum Gasteiger partial charge on any atom is -0.469 e. The molecule has 0 bridgehead atoms. The highest BCUT2D eigenvalue weighted by molar-refractivity contribution is 8.00. The molecule has 1 saturated carbocycles. The van der Waals surface area contributed by atoms with Crippen molar-refractivity contribution in [3.63, 3.8) is 0 Å². The molecular formula is C27H36O5S. The third-order valence-electron chi connectivity index (χ3n) is 8.33. The van der Waals surface area contributed by atoms with Crippen LogP contribution >= 0.6 is 11.8 Å². The number of fused-ring (bicyclic) bond motifs is 2. The van der Waals surface area contributed by atoms with Gasteiger partial charge < -0.3 is 14.2 Å². The molecule has 180 valence electrons. The van der Waals surface area contributed by atoms with Crippen molar-refractivity contribution < 1.29 is 23.8 Å². The molecule has 6 heteroatoms. The monoisotopic (exact) mass is 472 g/mol. The lowest BCUT2D eigenvalue weighted by molar-refractivity contribution is -0.183. The maximum atomic E-state index is 13.5. The average Bonchev–Trinajstić information content (AvgIpc) is 2.80. The maximum Gasteiger partial charge on any atom is 0.324 e. The zero-order chi connectivity index (χ0) is 24.0. The Morgan fingerprint density at radius 2 is 1.85 bits per heavy atom. The number of carbonyl (C=O) groups excluding carboxylic acids is 2. The zero-order valence-corrected chi connectivity index (χ0v) is 21.4. The number of hydrogen-bond acceptors (Lipinski definition) is 6. The van der Waals surface area contributed by atoms with Crippen LogP contribution in [0.3, 0.4) is 0 Å². The number of benzene rings is 1. The Morgan fingerprint density at radius 3 is 2.45 bits per heavy atom. The van der Waals surface area contributed by atoms with Crippen molar-refractivity contribution in [3.8, 4) is 0 Å². The molecule has 6 atom stereocenters. The summed E-state index contributed by atoms with van der Waals surface area (Å²) in [4.78, 5) is 27.7. The summed E-state index contributed by atoms with van der Waals surface area (Å²) < 4.78 is 17.2. The molecule has 1 heterocycles. The molecular weight excluding hydrogens is 436 g/mol. The summed E-state index contributed by atoms with van der Waals surface area (Å²) in [5.74, 6) is -0.172. The second-order valence-corrected chi connectivity index (χ2v) is 11.6. The van der Waals surface area contributed by atoms with Crippen LogP contribution in [0.1, 0.15) is 53.4 Å². The van der Waals surface area contributed by atoms with Gasteiger partial charge in [0.2, 0.25) is 0 Å². The first-order valence-electron chi connectivity index (χ1n) is 11.9. The van der Waals surface area contributed by atoms with Crippen LogP contribution in [0.4, 0.5) is 0 Å². The van der Waals surface area contributed by atoms with E-state index >= 15 is 0 Å². The summed E-state index contributed by atoms with van der Waals surface area (Å²) >= 11 is 1.57. The molecule has 2 aliphatic carbocycles. The molecule has 3 aliphatic rings. The van der Waals surface area contributed by atoms with E-state index in [1.54, 1.807) is 18.9 Å². The number of rotatable bonds is 5. The van der Waals surface area contributed by atoms with E-state index in [1.807, 2.05) is 37.3 Å². The molecule has 4 rings (SSSR count). The van der Waals surface area contributed by atoms with Crippen molar-refractivity contribution >= 4 is 23.7 Å². The highest BCUT2D eigenvalue weighted by atomic mass is 32.2. The Bertz CT molecular complexity index is 941. The molecule has 1 aromatic rings. The fraction of sp³-hybridized carbons (Fsp3) is 0.630. The molecule has 33 heavy (non-hydrogen) atoms. The van der Waals surface area contributed by atoms with Crippen LogP contribution in [-0.2, 0) is 23.8 Å². The number of hydrogen-bond donors (Lipinski definition) is 0. The first-order chi connectivity index (χ1) is 15.7. The van der Waals surface area contributed by atoms with Crippen molar-refractivity contribution in [3.05, 3.63) is 41.5 Å². The largest absolute Gasteiger partial charge is 0.469 e. The third kappa shape index (κ3) is 3.83. The topological polar surface area (TPSA) is 61.8 Å². The predicted octanol–water partition coefficient (Wildman–Crippen LogP) is 5.43. The van der Waals surface area contributed by atoms with E-state index in [9.17, 15) is 9.59 Å². The Kier molecular flexibility index (Phi) is 6.71. The standard InChI is InChI=1S/C27H36O5S/c1-16(2)22-18-12-13-19-26(3,15-14-20(30-5)27(19,4)25(29)31-6)21(18)23(24(28)32-22)33-17-10-8-7-9-11-17/h7-11,16,19-20,22-23H,12-15H2,1-6H3/t19-,20+,22-,23-,26+,27-/m1/s1. The van der Waals surface area contributed by atoms with Crippen molar-refractivity contribution in [1.82, 2.24) is 0 Å². The number of methoxy groups -OCH3 is 2. The Labute approximate surface area is 201 Å². The third-order valence-corrected chi connectivity index (χ3v) is 9.53. The summed E-state index contributed by atoms with van der Waals surface area (Å²) in [6.45, 7) is 8.49. The van der Waals surface area contributed by atoms with Crippen LogP contribution in [-0.4, -0.2) is 43.6 Å². The SMILES string of the molecule is COC(=O)[C@@]1(C)[C@@H](OC)CC[C@]2(C)C3=C(CC[C@@H]12)[C@@H](C(C)C)OC(=O)[C@@H]3Sc1ccccc1. The minimum atomic E-state index is -0.772. The molecule has 1 fully saturated rings. The van der Waals surface area contributed by atoms with Crippen LogP contribution in [0.5, 0.6) is 0 Å². The lowest BCUT2D eigenvalue weighted by Gasteiger charge is -2.59. The number of thioether (sulfide) groups is 1. The van der Waals surface area contributed by atoms with Crippen molar-refractivity contribution in [2.24, 2.45) is 22.7 Å². The van der Waals surface area contributed by atoms with Crippen molar-refractivity contribution in [2.45, 2.75) is 75.7 Å². The van der Waals surface area contributed by atoms with E-state index in [-0.39, 0.29) is 41.4 Å². The van der Waals surface area contributed by atoms with Crippen LogP contribution in [0, 0.1) is 22.7 Å². The quantitative estimate of drug-likeness (QED) is 0.421. The molecule has 0 unspecified atom stereocenters. The zero-order valence-electron chi connectivity index (χ0n) is 20.6. The molecule has 1 aliphatic heterocycles. The maximum absolute atomic E-state index is 13.5. The fourth-order valence-electron chi connectivity index (χ4n) is 6.81. The molecule has 5 nitrogen and oxygen atoms in total. The Balaban J connectivity index is 1.86. The van der Waals surface area contributed by atoms with Gasteiger partial charge in [-0.2, -0.15) is 0 Å². The van der Waals surface area contributed by atoms with Gasteiger partial charge in [0, 0.05) is 12.0 Å².